The average molecular weight is 507 g/mol. The van der Waals surface area contributed by atoms with Crippen LogP contribution in [-0.4, -0.2) is 18.3 Å². The second kappa shape index (κ2) is 10.6. The molecule has 0 aliphatic carbocycles. The van der Waals surface area contributed by atoms with E-state index < -0.39 is 0 Å². The first-order valence-electron chi connectivity index (χ1n) is 13.8. The van der Waals surface area contributed by atoms with Crippen molar-refractivity contribution in [3.8, 4) is 28.4 Å². The van der Waals surface area contributed by atoms with Crippen molar-refractivity contribution in [2.45, 2.75) is 73.2 Å². The molecule has 0 fully saturated rings. The highest BCUT2D eigenvalue weighted by atomic mass is 16.5. The number of hydrogen-bond acceptors (Lipinski definition) is 3. The molecule has 0 heterocycles. The first-order chi connectivity index (χ1) is 18.3. The summed E-state index contributed by atoms with van der Waals surface area (Å²) in [5.74, 6) is 2.69. The van der Waals surface area contributed by atoms with Gasteiger partial charge in [-0.3, -0.25) is 0 Å². The lowest BCUT2D eigenvalue weighted by atomic mass is 9.88. The molecule has 0 radical (unpaired) electrons. The van der Waals surface area contributed by atoms with Gasteiger partial charge in [-0.25, -0.2) is 0 Å². The van der Waals surface area contributed by atoms with Gasteiger partial charge >= 0.3 is 0 Å². The molecule has 0 saturated carbocycles. The zero-order valence-corrected chi connectivity index (χ0v) is 23.6. The fraction of sp³-hybridized carbons (Fsp3) is 0.314. The lowest BCUT2D eigenvalue weighted by molar-refractivity contribution is 0.240. The van der Waals surface area contributed by atoms with Crippen LogP contribution in [0.2, 0.25) is 0 Å². The maximum absolute atomic E-state index is 6.62. The van der Waals surface area contributed by atoms with E-state index in [9.17, 15) is 0 Å². The van der Waals surface area contributed by atoms with Crippen LogP contribution in [0.25, 0.3) is 43.4 Å². The molecule has 0 amide bonds. The number of hydrogen-bond donors (Lipinski definition) is 0. The molecule has 0 atom stereocenters. The molecule has 5 aromatic carbocycles. The lowest BCUT2D eigenvalue weighted by Crippen LogP contribution is -2.10. The van der Waals surface area contributed by atoms with E-state index in [-0.39, 0.29) is 18.3 Å². The summed E-state index contributed by atoms with van der Waals surface area (Å²) in [4.78, 5) is 0. The monoisotopic (exact) mass is 506 g/mol. The Morgan fingerprint density at radius 1 is 0.526 bits per heavy atom. The van der Waals surface area contributed by atoms with Gasteiger partial charge in [0.15, 0.2) is 0 Å². The highest BCUT2D eigenvalue weighted by Gasteiger charge is 2.23. The summed E-state index contributed by atoms with van der Waals surface area (Å²) in [6.45, 7) is 14.7. The normalized spacial score (nSPS) is 11.8. The molecule has 3 nitrogen and oxygen atoms in total. The van der Waals surface area contributed by atoms with E-state index in [1.165, 1.54) is 5.56 Å². The van der Waals surface area contributed by atoms with Crippen LogP contribution < -0.4 is 14.2 Å². The zero-order valence-electron chi connectivity index (χ0n) is 23.6. The maximum atomic E-state index is 6.62. The molecule has 38 heavy (non-hydrogen) atoms. The van der Waals surface area contributed by atoms with Crippen molar-refractivity contribution in [1.29, 1.82) is 0 Å². The predicted octanol–water partition coefficient (Wildman–Crippen LogP) is 9.74. The maximum Gasteiger partial charge on any atom is 0.135 e. The fourth-order valence-corrected chi connectivity index (χ4v) is 5.27. The SMILES string of the molecule is CCc1ccc2c(-c3cc(OC(C)C)c4ccccc4c3OC(C)C)c3ccccc3c(OC(C)C)c2c1. The smallest absolute Gasteiger partial charge is 0.135 e. The fourth-order valence-electron chi connectivity index (χ4n) is 5.27. The highest BCUT2D eigenvalue weighted by molar-refractivity contribution is 6.19. The van der Waals surface area contributed by atoms with Crippen LogP contribution in [0.5, 0.6) is 17.2 Å². The molecule has 0 saturated heterocycles. The minimum atomic E-state index is 0.0155. The Bertz CT molecular complexity index is 1610. The van der Waals surface area contributed by atoms with Gasteiger partial charge in [0.2, 0.25) is 0 Å². The van der Waals surface area contributed by atoms with Gasteiger partial charge in [-0.15, -0.1) is 0 Å². The van der Waals surface area contributed by atoms with Crippen LogP contribution in [0.3, 0.4) is 0 Å². The van der Waals surface area contributed by atoms with Crippen molar-refractivity contribution in [1.82, 2.24) is 0 Å². The van der Waals surface area contributed by atoms with Crippen molar-refractivity contribution in [2.24, 2.45) is 0 Å². The molecule has 0 aromatic heterocycles. The molecule has 0 spiro atoms. The van der Waals surface area contributed by atoms with E-state index in [0.717, 1.165) is 67.1 Å². The molecule has 0 bridgehead atoms. The van der Waals surface area contributed by atoms with Crippen LogP contribution in [0.15, 0.2) is 72.8 Å². The van der Waals surface area contributed by atoms with Crippen molar-refractivity contribution in [3.05, 3.63) is 78.4 Å². The van der Waals surface area contributed by atoms with Crippen molar-refractivity contribution in [3.63, 3.8) is 0 Å². The first-order valence-corrected chi connectivity index (χ1v) is 13.8. The van der Waals surface area contributed by atoms with Gasteiger partial charge in [0.05, 0.1) is 18.3 Å². The minimum absolute atomic E-state index is 0.0155. The Kier molecular flexibility index (Phi) is 7.21. The van der Waals surface area contributed by atoms with Crippen LogP contribution in [0.1, 0.15) is 54.0 Å². The molecule has 0 unspecified atom stereocenters. The lowest BCUT2D eigenvalue weighted by Gasteiger charge is -2.24. The predicted molar refractivity (Wildman–Crippen MR) is 161 cm³/mol. The van der Waals surface area contributed by atoms with Crippen molar-refractivity contribution >= 4 is 32.3 Å². The summed E-state index contributed by atoms with van der Waals surface area (Å²) in [7, 11) is 0. The number of rotatable bonds is 8. The van der Waals surface area contributed by atoms with Crippen LogP contribution in [-0.2, 0) is 6.42 Å². The Morgan fingerprint density at radius 3 is 1.66 bits per heavy atom. The number of aryl methyl sites for hydroxylation is 1. The molecule has 5 rings (SSSR count). The number of ether oxygens (including phenoxy) is 3. The van der Waals surface area contributed by atoms with E-state index in [4.69, 9.17) is 14.2 Å². The van der Waals surface area contributed by atoms with E-state index in [2.05, 4.69) is 121 Å². The van der Waals surface area contributed by atoms with Gasteiger partial charge < -0.3 is 14.2 Å². The summed E-state index contributed by atoms with van der Waals surface area (Å²) < 4.78 is 19.5. The standard InChI is InChI=1S/C35H38O3/c1-8-24-17-18-27-30(19-24)34(37-22(4)5)29-16-12-10-14-26(29)33(27)31-20-32(36-21(2)3)25-13-9-11-15-28(25)35(31)38-23(6)7/h9-23H,8H2,1-7H3. The first kappa shape index (κ1) is 25.9. The van der Waals surface area contributed by atoms with Gasteiger partial charge in [-0.1, -0.05) is 67.6 Å². The van der Waals surface area contributed by atoms with Crippen LogP contribution in [0, 0.1) is 0 Å². The number of fused-ring (bicyclic) bond motifs is 3. The molecular formula is C35H38O3. The summed E-state index contributed by atoms with van der Waals surface area (Å²) >= 11 is 0. The van der Waals surface area contributed by atoms with Crippen molar-refractivity contribution in [2.75, 3.05) is 0 Å². The molecular weight excluding hydrogens is 468 g/mol. The second-order valence-electron chi connectivity index (χ2n) is 10.8. The summed E-state index contributed by atoms with van der Waals surface area (Å²) in [5.41, 5.74) is 3.47. The quantitative estimate of drug-likeness (QED) is 0.196. The molecule has 0 aliphatic rings. The topological polar surface area (TPSA) is 27.7 Å². The van der Waals surface area contributed by atoms with E-state index in [1.54, 1.807) is 0 Å². The molecule has 0 N–H and O–H groups in total. The third kappa shape index (κ3) is 4.78. The Labute approximate surface area is 226 Å². The van der Waals surface area contributed by atoms with Crippen LogP contribution >= 0.6 is 0 Å². The molecule has 3 heteroatoms. The summed E-state index contributed by atoms with van der Waals surface area (Å²) in [6.07, 6.45) is 1.08. The van der Waals surface area contributed by atoms with Gasteiger partial charge in [-0.05, 0) is 76.4 Å². The molecule has 5 aromatic rings. The van der Waals surface area contributed by atoms with Gasteiger partial charge in [0.1, 0.15) is 17.2 Å². The average Bonchev–Trinajstić information content (AvgIpc) is 2.89. The summed E-state index contributed by atoms with van der Waals surface area (Å²) in [5, 5.41) is 6.63. The van der Waals surface area contributed by atoms with Gasteiger partial charge in [-0.2, -0.15) is 0 Å². The Balaban J connectivity index is 1.99. The van der Waals surface area contributed by atoms with E-state index >= 15 is 0 Å². The Morgan fingerprint density at radius 2 is 1.05 bits per heavy atom. The summed E-state index contributed by atoms with van der Waals surface area (Å²) in [6, 6.07) is 25.9. The third-order valence-corrected chi connectivity index (χ3v) is 6.74. The minimum Gasteiger partial charge on any atom is -0.490 e. The van der Waals surface area contributed by atoms with Gasteiger partial charge in [0, 0.05) is 32.7 Å². The molecule has 0 aliphatic heterocycles. The second-order valence-corrected chi connectivity index (χ2v) is 10.8. The van der Waals surface area contributed by atoms with Crippen LogP contribution in [0.4, 0.5) is 0 Å². The van der Waals surface area contributed by atoms with Crippen molar-refractivity contribution < 1.29 is 14.2 Å². The largest absolute Gasteiger partial charge is 0.490 e. The molecule has 196 valence electrons. The van der Waals surface area contributed by atoms with E-state index in [0.29, 0.717) is 0 Å². The highest BCUT2D eigenvalue weighted by Crippen LogP contribution is 2.50. The number of benzene rings is 5. The van der Waals surface area contributed by atoms with E-state index in [1.807, 2.05) is 0 Å². The Hall–Kier alpha value is -3.72. The zero-order chi connectivity index (χ0) is 27.0. The van der Waals surface area contributed by atoms with Gasteiger partial charge in [0.25, 0.3) is 0 Å². The third-order valence-electron chi connectivity index (χ3n) is 6.74.